The summed E-state index contributed by atoms with van der Waals surface area (Å²) in [6, 6.07) is 15.9. The smallest absolute Gasteiger partial charge is 0.255 e. The first-order chi connectivity index (χ1) is 18.0. The molecule has 1 aliphatic rings. The van der Waals surface area contributed by atoms with Crippen LogP contribution in [0.3, 0.4) is 0 Å². The average molecular weight is 499 g/mol. The monoisotopic (exact) mass is 498 g/mol. The number of carbonyl (C=O) groups excluding carboxylic acids is 1. The third-order valence-corrected chi connectivity index (χ3v) is 6.06. The average Bonchev–Trinajstić information content (AvgIpc) is 3.36. The number of benzene rings is 2. The maximum absolute atomic E-state index is 13.7. The molecule has 4 aromatic rings. The molecule has 0 radical (unpaired) electrons. The van der Waals surface area contributed by atoms with Gasteiger partial charge >= 0.3 is 0 Å². The van der Waals surface area contributed by atoms with Crippen LogP contribution in [0.15, 0.2) is 78.3 Å². The number of para-hydroxylation sites is 2. The number of rotatable bonds is 7. The fourth-order valence-corrected chi connectivity index (χ4v) is 4.29. The van der Waals surface area contributed by atoms with Crippen LogP contribution in [0.2, 0.25) is 0 Å². The van der Waals surface area contributed by atoms with Crippen molar-refractivity contribution in [3.8, 4) is 28.6 Å². The van der Waals surface area contributed by atoms with Crippen LogP contribution in [-0.2, 0) is 4.79 Å². The summed E-state index contributed by atoms with van der Waals surface area (Å²) in [6.45, 7) is 1.84. The van der Waals surface area contributed by atoms with Crippen molar-refractivity contribution in [2.75, 3.05) is 32.0 Å². The lowest BCUT2D eigenvalue weighted by Gasteiger charge is -2.28. The lowest BCUT2D eigenvalue weighted by molar-refractivity contribution is -0.113. The summed E-state index contributed by atoms with van der Waals surface area (Å²) in [5, 5.41) is 11.0. The first-order valence-electron chi connectivity index (χ1n) is 11.5. The highest BCUT2D eigenvalue weighted by atomic mass is 16.5. The fraction of sp³-hybridized carbons (Fsp3) is 0.185. The second-order valence-electron chi connectivity index (χ2n) is 8.31. The number of ether oxygens (including phenoxy) is 3. The van der Waals surface area contributed by atoms with Crippen LogP contribution in [0.4, 0.5) is 11.6 Å². The second-order valence-corrected chi connectivity index (χ2v) is 8.31. The van der Waals surface area contributed by atoms with E-state index < -0.39 is 6.04 Å². The van der Waals surface area contributed by atoms with Gasteiger partial charge in [-0.3, -0.25) is 9.78 Å². The van der Waals surface area contributed by atoms with Crippen molar-refractivity contribution < 1.29 is 19.0 Å². The van der Waals surface area contributed by atoms with Crippen molar-refractivity contribution in [1.82, 2.24) is 19.7 Å². The maximum Gasteiger partial charge on any atom is 0.255 e. The van der Waals surface area contributed by atoms with Gasteiger partial charge in [-0.25, -0.2) is 4.68 Å². The van der Waals surface area contributed by atoms with Gasteiger partial charge in [0.1, 0.15) is 23.3 Å². The normalized spacial score (nSPS) is 14.4. The zero-order valence-electron chi connectivity index (χ0n) is 20.9. The predicted molar refractivity (Wildman–Crippen MR) is 139 cm³/mol. The molecule has 5 rings (SSSR count). The summed E-state index contributed by atoms with van der Waals surface area (Å²) < 4.78 is 17.9. The van der Waals surface area contributed by atoms with Crippen LogP contribution < -0.4 is 24.8 Å². The number of methoxy groups -OCH3 is 3. The van der Waals surface area contributed by atoms with Gasteiger partial charge in [-0.2, -0.15) is 4.98 Å². The number of carbonyl (C=O) groups is 1. The van der Waals surface area contributed by atoms with E-state index in [1.54, 1.807) is 56.6 Å². The van der Waals surface area contributed by atoms with Gasteiger partial charge in [-0.1, -0.05) is 18.2 Å². The highest BCUT2D eigenvalue weighted by Crippen LogP contribution is 2.38. The number of anilines is 2. The van der Waals surface area contributed by atoms with Crippen LogP contribution in [0, 0.1) is 0 Å². The first-order valence-corrected chi connectivity index (χ1v) is 11.5. The molecule has 10 nitrogen and oxygen atoms in total. The Hall–Kier alpha value is -4.86. The van der Waals surface area contributed by atoms with Crippen LogP contribution in [0.1, 0.15) is 18.5 Å². The minimum Gasteiger partial charge on any atom is -0.497 e. The third kappa shape index (κ3) is 4.56. The molecule has 10 heteroatoms. The Labute approximate surface area is 213 Å². The molecule has 3 heterocycles. The topological polar surface area (TPSA) is 112 Å². The molecule has 0 aliphatic carbocycles. The van der Waals surface area contributed by atoms with Gasteiger partial charge < -0.3 is 24.8 Å². The van der Waals surface area contributed by atoms with Crippen LogP contribution >= 0.6 is 0 Å². The molecule has 0 fully saturated rings. The van der Waals surface area contributed by atoms with Gasteiger partial charge in [0, 0.05) is 29.7 Å². The highest BCUT2D eigenvalue weighted by Gasteiger charge is 2.35. The Morgan fingerprint density at radius 3 is 2.43 bits per heavy atom. The number of amides is 1. The van der Waals surface area contributed by atoms with Crippen LogP contribution in [0.5, 0.6) is 17.2 Å². The van der Waals surface area contributed by atoms with Crippen molar-refractivity contribution in [2.45, 2.75) is 13.0 Å². The Morgan fingerprint density at radius 2 is 1.76 bits per heavy atom. The molecule has 2 N–H and O–H groups in total. The van der Waals surface area contributed by atoms with Gasteiger partial charge in [0.05, 0.1) is 32.6 Å². The summed E-state index contributed by atoms with van der Waals surface area (Å²) in [6.07, 6.45) is 3.41. The van der Waals surface area contributed by atoms with E-state index >= 15 is 0 Å². The summed E-state index contributed by atoms with van der Waals surface area (Å²) in [4.78, 5) is 22.7. The predicted octanol–water partition coefficient (Wildman–Crippen LogP) is 4.29. The lowest BCUT2D eigenvalue weighted by atomic mass is 9.96. The summed E-state index contributed by atoms with van der Waals surface area (Å²) in [5.41, 5.74) is 3.19. The molecule has 0 spiro atoms. The number of nitrogens with one attached hydrogen (secondary N) is 2. The van der Waals surface area contributed by atoms with E-state index in [0.717, 1.165) is 5.56 Å². The second kappa shape index (κ2) is 10.0. The van der Waals surface area contributed by atoms with E-state index in [1.165, 1.54) is 0 Å². The van der Waals surface area contributed by atoms with E-state index in [9.17, 15) is 4.79 Å². The molecule has 1 aliphatic heterocycles. The van der Waals surface area contributed by atoms with Gasteiger partial charge in [0.15, 0.2) is 5.82 Å². The zero-order chi connectivity index (χ0) is 25.9. The van der Waals surface area contributed by atoms with E-state index in [2.05, 4.69) is 15.6 Å². The number of nitrogens with zero attached hydrogens (tertiary/aromatic N) is 4. The minimum atomic E-state index is -0.576. The van der Waals surface area contributed by atoms with Crippen molar-refractivity contribution in [2.24, 2.45) is 0 Å². The molecule has 188 valence electrons. The van der Waals surface area contributed by atoms with Gasteiger partial charge in [-0.05, 0) is 42.8 Å². The molecule has 2 aromatic heterocycles. The van der Waals surface area contributed by atoms with Crippen LogP contribution in [0.25, 0.3) is 11.4 Å². The minimum absolute atomic E-state index is 0.297. The third-order valence-electron chi connectivity index (χ3n) is 6.06. The van der Waals surface area contributed by atoms with E-state index in [1.807, 2.05) is 43.3 Å². The van der Waals surface area contributed by atoms with Crippen molar-refractivity contribution in [1.29, 1.82) is 0 Å². The van der Waals surface area contributed by atoms with Gasteiger partial charge in [-0.15, -0.1) is 5.10 Å². The molecule has 0 bridgehead atoms. The molecule has 37 heavy (non-hydrogen) atoms. The van der Waals surface area contributed by atoms with E-state index in [4.69, 9.17) is 24.3 Å². The molecule has 2 aromatic carbocycles. The summed E-state index contributed by atoms with van der Waals surface area (Å²) >= 11 is 0. The SMILES string of the molecule is COc1cc(OC)cc(-c2nc3n(n2)C(c2cccnc2)C(C(=O)Nc2ccccc2OC)=C(C)N3)c1. The van der Waals surface area contributed by atoms with Crippen molar-refractivity contribution in [3.63, 3.8) is 0 Å². The van der Waals surface area contributed by atoms with Crippen molar-refractivity contribution >= 4 is 17.5 Å². The summed E-state index contributed by atoms with van der Waals surface area (Å²) in [5.74, 6) is 2.44. The number of allylic oxidation sites excluding steroid dienone is 1. The largest absolute Gasteiger partial charge is 0.497 e. The maximum atomic E-state index is 13.7. The van der Waals surface area contributed by atoms with E-state index in [0.29, 0.717) is 51.5 Å². The lowest BCUT2D eigenvalue weighted by Crippen LogP contribution is -2.31. The summed E-state index contributed by atoms with van der Waals surface area (Å²) in [7, 11) is 4.74. The Morgan fingerprint density at radius 1 is 1.00 bits per heavy atom. The Balaban J connectivity index is 1.59. The molecular formula is C27H26N6O4. The number of hydrogen-bond donors (Lipinski definition) is 2. The Bertz CT molecular complexity index is 1460. The number of pyridine rings is 1. The molecule has 1 atom stereocenters. The van der Waals surface area contributed by atoms with Gasteiger partial charge in [0.2, 0.25) is 5.95 Å². The Kier molecular flexibility index (Phi) is 6.46. The van der Waals surface area contributed by atoms with Gasteiger partial charge in [0.25, 0.3) is 5.91 Å². The molecule has 0 saturated heterocycles. The molecule has 0 saturated carbocycles. The molecule has 1 amide bonds. The quantitative estimate of drug-likeness (QED) is 0.388. The number of aromatic nitrogens is 4. The standard InChI is InChI=1S/C27H26N6O4/c1-16-23(26(34)30-21-9-5-6-10-22(21)37-4)24(17-8-7-11-28-15-17)33-27(29-16)31-25(32-33)18-12-19(35-2)14-20(13-18)36-3/h5-15,24H,1-4H3,(H,30,34)(H,29,31,32). The highest BCUT2D eigenvalue weighted by molar-refractivity contribution is 6.06. The molecule has 1 unspecified atom stereocenters. The van der Waals surface area contributed by atoms with E-state index in [-0.39, 0.29) is 5.91 Å². The fourth-order valence-electron chi connectivity index (χ4n) is 4.29. The number of fused-ring (bicyclic) bond motifs is 1. The van der Waals surface area contributed by atoms with Crippen LogP contribution in [-0.4, -0.2) is 47.0 Å². The number of hydrogen-bond acceptors (Lipinski definition) is 8. The first kappa shape index (κ1) is 23.9. The van der Waals surface area contributed by atoms with Crippen molar-refractivity contribution in [3.05, 3.63) is 83.8 Å². The molecular weight excluding hydrogens is 472 g/mol. The zero-order valence-corrected chi connectivity index (χ0v) is 20.9.